The first-order valence-electron chi connectivity index (χ1n) is 5.97. The fourth-order valence-electron chi connectivity index (χ4n) is 2.13. The number of para-hydroxylation sites is 1. The van der Waals surface area contributed by atoms with Crippen LogP contribution in [0.25, 0.3) is 0 Å². The van der Waals surface area contributed by atoms with Crippen molar-refractivity contribution in [1.29, 1.82) is 0 Å². The second-order valence-corrected chi connectivity index (χ2v) is 5.83. The minimum Gasteiger partial charge on any atom is -0.497 e. The van der Waals surface area contributed by atoms with Gasteiger partial charge < -0.3 is 9.64 Å². The number of rotatable bonds is 2. The Morgan fingerprint density at radius 3 is 2.58 bits per heavy atom. The van der Waals surface area contributed by atoms with E-state index in [4.69, 9.17) is 17.0 Å². The highest BCUT2D eigenvalue weighted by molar-refractivity contribution is 8.23. The monoisotopic (exact) mass is 287 g/mol. The average Bonchev–Trinajstić information content (AvgIpc) is 2.48. The van der Waals surface area contributed by atoms with Crippen LogP contribution in [0.1, 0.15) is 5.56 Å². The number of ether oxygens (including phenoxy) is 1. The summed E-state index contributed by atoms with van der Waals surface area (Å²) in [5.41, 5.74) is 3.48. The molecule has 0 aliphatic carbocycles. The zero-order valence-electron chi connectivity index (χ0n) is 10.5. The number of nitrogens with zero attached hydrogens (tertiary/aromatic N) is 1. The molecule has 2 aromatic rings. The molecule has 4 heteroatoms. The number of anilines is 2. The molecule has 3 rings (SSSR count). The van der Waals surface area contributed by atoms with Crippen molar-refractivity contribution < 1.29 is 4.74 Å². The van der Waals surface area contributed by atoms with Crippen LogP contribution in [0, 0.1) is 0 Å². The van der Waals surface area contributed by atoms with Gasteiger partial charge in [0.05, 0.1) is 22.9 Å². The molecule has 0 radical (unpaired) electrons. The maximum Gasteiger partial charge on any atom is 0.119 e. The molecule has 0 saturated heterocycles. The normalized spacial score (nSPS) is 14.2. The highest BCUT2D eigenvalue weighted by Gasteiger charge is 2.21. The van der Waals surface area contributed by atoms with Crippen LogP contribution in [0.5, 0.6) is 5.75 Å². The summed E-state index contributed by atoms with van der Waals surface area (Å²) in [6.45, 7) is 0. The molecule has 1 heterocycles. The number of benzene rings is 2. The van der Waals surface area contributed by atoms with Crippen LogP contribution >= 0.6 is 24.0 Å². The highest BCUT2D eigenvalue weighted by atomic mass is 32.2. The summed E-state index contributed by atoms with van der Waals surface area (Å²) in [4.78, 5) is 2.27. The SMILES string of the molecule is COc1ccc(N2CSC(=S)c3ccccc32)cc1. The summed E-state index contributed by atoms with van der Waals surface area (Å²) in [5, 5.41) is 0. The Morgan fingerprint density at radius 2 is 1.84 bits per heavy atom. The predicted octanol–water partition coefficient (Wildman–Crippen LogP) is 4.21. The van der Waals surface area contributed by atoms with E-state index in [1.165, 1.54) is 5.69 Å². The molecule has 0 atom stereocenters. The van der Waals surface area contributed by atoms with Gasteiger partial charge in [0.15, 0.2) is 0 Å². The molecule has 2 nitrogen and oxygen atoms in total. The molecule has 0 bridgehead atoms. The van der Waals surface area contributed by atoms with Crippen molar-refractivity contribution in [2.75, 3.05) is 17.9 Å². The first kappa shape index (κ1) is 12.5. The van der Waals surface area contributed by atoms with E-state index < -0.39 is 0 Å². The summed E-state index contributed by atoms with van der Waals surface area (Å²) in [6, 6.07) is 16.4. The summed E-state index contributed by atoms with van der Waals surface area (Å²) >= 11 is 7.12. The predicted molar refractivity (Wildman–Crippen MR) is 85.7 cm³/mol. The van der Waals surface area contributed by atoms with Crippen molar-refractivity contribution in [2.45, 2.75) is 0 Å². The fraction of sp³-hybridized carbons (Fsp3) is 0.133. The standard InChI is InChI=1S/C15H13NOS2/c1-17-12-8-6-11(7-9-12)16-10-19-15(18)13-4-2-3-5-14(13)16/h2-9H,10H2,1H3. The van der Waals surface area contributed by atoms with Gasteiger partial charge in [0, 0.05) is 11.3 Å². The third kappa shape index (κ3) is 2.33. The smallest absolute Gasteiger partial charge is 0.119 e. The van der Waals surface area contributed by atoms with Gasteiger partial charge >= 0.3 is 0 Å². The van der Waals surface area contributed by atoms with E-state index in [0.29, 0.717) is 0 Å². The lowest BCUT2D eigenvalue weighted by molar-refractivity contribution is 0.415. The Morgan fingerprint density at radius 1 is 1.11 bits per heavy atom. The fourth-order valence-corrected chi connectivity index (χ4v) is 3.32. The molecule has 0 saturated carbocycles. The lowest BCUT2D eigenvalue weighted by Crippen LogP contribution is -2.23. The van der Waals surface area contributed by atoms with Crippen LogP contribution < -0.4 is 9.64 Å². The van der Waals surface area contributed by atoms with Crippen LogP contribution in [0.3, 0.4) is 0 Å². The van der Waals surface area contributed by atoms with Gasteiger partial charge in [-0.2, -0.15) is 0 Å². The van der Waals surface area contributed by atoms with Crippen molar-refractivity contribution in [3.63, 3.8) is 0 Å². The molecule has 0 aromatic heterocycles. The van der Waals surface area contributed by atoms with Gasteiger partial charge in [-0.05, 0) is 30.3 Å². The van der Waals surface area contributed by atoms with Crippen LogP contribution in [0.15, 0.2) is 48.5 Å². The number of hydrogen-bond donors (Lipinski definition) is 0. The molecular formula is C15H13NOS2. The first-order valence-corrected chi connectivity index (χ1v) is 7.37. The summed E-state index contributed by atoms with van der Waals surface area (Å²) < 4.78 is 6.17. The van der Waals surface area contributed by atoms with E-state index >= 15 is 0 Å². The molecule has 0 N–H and O–H groups in total. The second-order valence-electron chi connectivity index (χ2n) is 4.20. The molecule has 19 heavy (non-hydrogen) atoms. The summed E-state index contributed by atoms with van der Waals surface area (Å²) in [7, 11) is 1.68. The number of thiocarbonyl (C=S) groups is 1. The zero-order valence-corrected chi connectivity index (χ0v) is 12.1. The minimum absolute atomic E-state index is 0.849. The van der Waals surface area contributed by atoms with Crippen molar-refractivity contribution in [2.24, 2.45) is 0 Å². The maximum atomic E-state index is 5.42. The van der Waals surface area contributed by atoms with E-state index in [1.54, 1.807) is 18.9 Å². The molecule has 1 aliphatic heterocycles. The van der Waals surface area contributed by atoms with Crippen molar-refractivity contribution in [3.05, 3.63) is 54.1 Å². The van der Waals surface area contributed by atoms with Crippen molar-refractivity contribution in [1.82, 2.24) is 0 Å². The van der Waals surface area contributed by atoms with E-state index in [0.717, 1.165) is 27.1 Å². The third-order valence-corrected chi connectivity index (χ3v) is 4.57. The van der Waals surface area contributed by atoms with Gasteiger partial charge in [0.25, 0.3) is 0 Å². The van der Waals surface area contributed by atoms with Crippen molar-refractivity contribution in [3.8, 4) is 5.75 Å². The van der Waals surface area contributed by atoms with Gasteiger partial charge in [-0.25, -0.2) is 0 Å². The van der Waals surface area contributed by atoms with Crippen LogP contribution in [0.4, 0.5) is 11.4 Å². The number of fused-ring (bicyclic) bond motifs is 1. The van der Waals surface area contributed by atoms with Gasteiger partial charge in [-0.15, -0.1) is 0 Å². The average molecular weight is 287 g/mol. The molecule has 0 amide bonds. The molecule has 0 unspecified atom stereocenters. The molecule has 2 aromatic carbocycles. The quantitative estimate of drug-likeness (QED) is 0.767. The van der Waals surface area contributed by atoms with E-state index in [1.807, 2.05) is 24.3 Å². The highest BCUT2D eigenvalue weighted by Crippen LogP contribution is 2.37. The Kier molecular flexibility index (Phi) is 3.44. The number of thioether (sulfide) groups is 1. The van der Waals surface area contributed by atoms with Gasteiger partial charge in [0.1, 0.15) is 5.75 Å². The third-order valence-electron chi connectivity index (χ3n) is 3.12. The molecule has 96 valence electrons. The lowest BCUT2D eigenvalue weighted by Gasteiger charge is -2.31. The molecule has 0 fully saturated rings. The molecule has 0 spiro atoms. The first-order chi connectivity index (χ1) is 9.29. The Labute approximate surface area is 122 Å². The summed E-state index contributed by atoms with van der Waals surface area (Å²) in [5.74, 6) is 1.72. The van der Waals surface area contributed by atoms with Crippen LogP contribution in [0.2, 0.25) is 0 Å². The Hall–Kier alpha value is -1.52. The summed E-state index contributed by atoms with van der Waals surface area (Å²) in [6.07, 6.45) is 0. The van der Waals surface area contributed by atoms with E-state index in [2.05, 4.69) is 29.2 Å². The van der Waals surface area contributed by atoms with Crippen molar-refractivity contribution >= 4 is 39.6 Å². The van der Waals surface area contributed by atoms with Gasteiger partial charge in [-0.3, -0.25) is 0 Å². The van der Waals surface area contributed by atoms with E-state index in [9.17, 15) is 0 Å². The maximum absolute atomic E-state index is 5.42. The number of hydrogen-bond acceptors (Lipinski definition) is 4. The topological polar surface area (TPSA) is 12.5 Å². The Balaban J connectivity index is 2.01. The minimum atomic E-state index is 0.849. The van der Waals surface area contributed by atoms with E-state index in [-0.39, 0.29) is 0 Å². The second kappa shape index (κ2) is 5.23. The molecule has 1 aliphatic rings. The van der Waals surface area contributed by atoms with Crippen LogP contribution in [-0.2, 0) is 0 Å². The zero-order chi connectivity index (χ0) is 13.2. The largest absolute Gasteiger partial charge is 0.497 e. The van der Waals surface area contributed by atoms with Gasteiger partial charge in [-0.1, -0.05) is 42.2 Å². The Bertz CT molecular complexity index is 610. The molecular weight excluding hydrogens is 274 g/mol. The lowest BCUT2D eigenvalue weighted by atomic mass is 10.1. The van der Waals surface area contributed by atoms with Crippen LogP contribution in [-0.4, -0.2) is 17.2 Å². The number of methoxy groups -OCH3 is 1. The van der Waals surface area contributed by atoms with Gasteiger partial charge in [0.2, 0.25) is 0 Å².